The summed E-state index contributed by atoms with van der Waals surface area (Å²) in [6, 6.07) is 18.1. The molecule has 3 heteroatoms. The van der Waals surface area contributed by atoms with Gasteiger partial charge >= 0.3 is 5.97 Å². The highest BCUT2D eigenvalue weighted by atomic mass is 16.5. The Morgan fingerprint density at radius 1 is 1.05 bits per heavy atom. The predicted octanol–water partition coefficient (Wildman–Crippen LogP) is 3.27. The molecule has 1 aliphatic rings. The summed E-state index contributed by atoms with van der Waals surface area (Å²) in [6.45, 7) is 2.70. The van der Waals surface area contributed by atoms with Crippen molar-refractivity contribution in [1.82, 2.24) is 5.32 Å². The molecule has 0 unspecified atom stereocenters. The molecule has 3 rings (SSSR count). The van der Waals surface area contributed by atoms with Crippen LogP contribution in [0.2, 0.25) is 0 Å². The van der Waals surface area contributed by atoms with Crippen LogP contribution in [0.4, 0.5) is 0 Å². The normalized spacial score (nSPS) is 17.3. The zero-order valence-corrected chi connectivity index (χ0v) is 11.9. The van der Waals surface area contributed by atoms with Gasteiger partial charge in [-0.15, -0.1) is 0 Å². The molecule has 3 nitrogen and oxygen atoms in total. The summed E-state index contributed by atoms with van der Waals surface area (Å²) in [5.74, 6) is -0.293. The van der Waals surface area contributed by atoms with Gasteiger partial charge in [-0.05, 0) is 18.1 Å². The number of benzene rings is 2. The predicted molar refractivity (Wildman–Crippen MR) is 81.4 cm³/mol. The molecule has 2 aromatic rings. The van der Waals surface area contributed by atoms with Gasteiger partial charge in [0.2, 0.25) is 0 Å². The van der Waals surface area contributed by atoms with E-state index in [1.807, 2.05) is 61.5 Å². The first-order valence-corrected chi connectivity index (χ1v) is 6.99. The molecule has 21 heavy (non-hydrogen) atoms. The summed E-state index contributed by atoms with van der Waals surface area (Å²) in [5.41, 5.74) is 4.12. The maximum absolute atomic E-state index is 11.6. The van der Waals surface area contributed by atoms with E-state index in [0.717, 1.165) is 16.8 Å². The molecule has 1 heterocycles. The Hall–Kier alpha value is -2.55. The van der Waals surface area contributed by atoms with E-state index in [2.05, 4.69) is 5.32 Å². The van der Waals surface area contributed by atoms with Gasteiger partial charge in [0, 0.05) is 18.2 Å². The average Bonchev–Trinajstić information content (AvgIpc) is 2.87. The molecule has 0 amide bonds. The highest BCUT2D eigenvalue weighted by Crippen LogP contribution is 2.31. The maximum atomic E-state index is 11.6. The molecule has 0 spiro atoms. The second-order valence-electron chi connectivity index (χ2n) is 5.11. The minimum Gasteiger partial charge on any atom is -0.448 e. The van der Waals surface area contributed by atoms with Gasteiger partial charge in [0.1, 0.15) is 0 Å². The Morgan fingerprint density at radius 2 is 1.76 bits per heavy atom. The van der Waals surface area contributed by atoms with E-state index in [-0.39, 0.29) is 12.1 Å². The molecular formula is C18H17NO2. The zero-order chi connectivity index (χ0) is 14.7. The fourth-order valence-corrected chi connectivity index (χ4v) is 2.47. The standard InChI is InChI=1S/C18H17NO2/c1-13-7-5-6-10-15(13)18-16(11-17(20)21-18)19-12-14-8-3-2-4-9-14/h2-11,18-19H,12H2,1H3/t18-/m1/s1. The van der Waals surface area contributed by atoms with Crippen molar-refractivity contribution >= 4 is 5.97 Å². The lowest BCUT2D eigenvalue weighted by Gasteiger charge is -2.18. The van der Waals surface area contributed by atoms with Crippen LogP contribution in [-0.4, -0.2) is 5.97 Å². The minimum absolute atomic E-state index is 0.293. The third-order valence-corrected chi connectivity index (χ3v) is 3.60. The van der Waals surface area contributed by atoms with Gasteiger partial charge in [0.25, 0.3) is 0 Å². The number of nitrogens with one attached hydrogen (secondary N) is 1. The Balaban J connectivity index is 1.78. The fourth-order valence-electron chi connectivity index (χ4n) is 2.47. The van der Waals surface area contributed by atoms with Gasteiger partial charge in [0.15, 0.2) is 6.10 Å². The van der Waals surface area contributed by atoms with E-state index < -0.39 is 0 Å². The number of carbonyl (C=O) groups is 1. The average molecular weight is 279 g/mol. The van der Waals surface area contributed by atoms with E-state index >= 15 is 0 Å². The number of cyclic esters (lactones) is 1. The molecule has 0 bridgehead atoms. The molecule has 0 saturated carbocycles. The van der Waals surface area contributed by atoms with Crippen LogP contribution in [0.1, 0.15) is 22.8 Å². The van der Waals surface area contributed by atoms with Crippen molar-refractivity contribution in [3.8, 4) is 0 Å². The van der Waals surface area contributed by atoms with Gasteiger partial charge in [-0.1, -0.05) is 54.6 Å². The largest absolute Gasteiger partial charge is 0.448 e. The molecule has 2 aromatic carbocycles. The van der Waals surface area contributed by atoms with Crippen molar-refractivity contribution in [3.05, 3.63) is 83.1 Å². The quantitative estimate of drug-likeness (QED) is 0.873. The van der Waals surface area contributed by atoms with Crippen LogP contribution in [0.15, 0.2) is 66.4 Å². The van der Waals surface area contributed by atoms with Crippen LogP contribution in [0.5, 0.6) is 0 Å². The SMILES string of the molecule is Cc1ccccc1[C@H]1OC(=O)C=C1NCc1ccccc1. The first-order valence-electron chi connectivity index (χ1n) is 6.99. The zero-order valence-electron chi connectivity index (χ0n) is 11.9. The van der Waals surface area contributed by atoms with E-state index in [1.54, 1.807) is 6.08 Å². The lowest BCUT2D eigenvalue weighted by atomic mass is 10.0. The van der Waals surface area contributed by atoms with Crippen molar-refractivity contribution in [3.63, 3.8) is 0 Å². The number of rotatable bonds is 4. The van der Waals surface area contributed by atoms with Crippen molar-refractivity contribution in [2.75, 3.05) is 0 Å². The molecule has 0 saturated heterocycles. The van der Waals surface area contributed by atoms with Gasteiger partial charge in [-0.3, -0.25) is 0 Å². The van der Waals surface area contributed by atoms with Gasteiger partial charge < -0.3 is 10.1 Å². The van der Waals surface area contributed by atoms with Crippen LogP contribution in [0.25, 0.3) is 0 Å². The minimum atomic E-state index is -0.331. The second kappa shape index (κ2) is 5.83. The highest BCUT2D eigenvalue weighted by Gasteiger charge is 2.28. The van der Waals surface area contributed by atoms with Gasteiger partial charge in [-0.25, -0.2) is 4.79 Å². The van der Waals surface area contributed by atoms with Crippen LogP contribution >= 0.6 is 0 Å². The number of carbonyl (C=O) groups excluding carboxylic acids is 1. The summed E-state index contributed by atoms with van der Waals surface area (Å²) in [6.07, 6.45) is 1.21. The van der Waals surface area contributed by atoms with E-state index in [4.69, 9.17) is 4.74 Å². The van der Waals surface area contributed by atoms with Crippen LogP contribution in [-0.2, 0) is 16.1 Å². The number of hydrogen-bond acceptors (Lipinski definition) is 3. The van der Waals surface area contributed by atoms with E-state index in [1.165, 1.54) is 5.56 Å². The van der Waals surface area contributed by atoms with Crippen LogP contribution in [0, 0.1) is 6.92 Å². The van der Waals surface area contributed by atoms with Crippen molar-refractivity contribution in [2.45, 2.75) is 19.6 Å². The first-order chi connectivity index (χ1) is 10.2. The number of hydrogen-bond donors (Lipinski definition) is 1. The van der Waals surface area contributed by atoms with E-state index in [9.17, 15) is 4.79 Å². The molecule has 1 aliphatic heterocycles. The molecule has 1 N–H and O–H groups in total. The Labute approximate surface area is 124 Å². The molecule has 1 atom stereocenters. The van der Waals surface area contributed by atoms with Gasteiger partial charge in [0.05, 0.1) is 5.70 Å². The number of aryl methyl sites for hydroxylation is 1. The molecular weight excluding hydrogens is 262 g/mol. The molecule has 106 valence electrons. The molecule has 0 radical (unpaired) electrons. The lowest BCUT2D eigenvalue weighted by molar-refractivity contribution is -0.139. The summed E-state index contributed by atoms with van der Waals surface area (Å²) in [7, 11) is 0. The molecule has 0 fully saturated rings. The summed E-state index contributed by atoms with van der Waals surface area (Å²) >= 11 is 0. The third kappa shape index (κ3) is 2.97. The Morgan fingerprint density at radius 3 is 2.52 bits per heavy atom. The third-order valence-electron chi connectivity index (χ3n) is 3.60. The van der Waals surface area contributed by atoms with Crippen LogP contribution in [0.3, 0.4) is 0 Å². The van der Waals surface area contributed by atoms with Crippen LogP contribution < -0.4 is 5.32 Å². The van der Waals surface area contributed by atoms with Crippen molar-refractivity contribution < 1.29 is 9.53 Å². The van der Waals surface area contributed by atoms with Crippen molar-refractivity contribution in [2.24, 2.45) is 0 Å². The topological polar surface area (TPSA) is 38.3 Å². The fraction of sp³-hybridized carbons (Fsp3) is 0.167. The summed E-state index contributed by atoms with van der Waals surface area (Å²) in [4.78, 5) is 11.6. The highest BCUT2D eigenvalue weighted by molar-refractivity contribution is 5.86. The van der Waals surface area contributed by atoms with E-state index in [0.29, 0.717) is 6.54 Å². The molecule has 0 aliphatic carbocycles. The number of esters is 1. The summed E-state index contributed by atoms with van der Waals surface area (Å²) in [5, 5.41) is 3.32. The first kappa shape index (κ1) is 13.4. The monoisotopic (exact) mass is 279 g/mol. The maximum Gasteiger partial charge on any atom is 0.333 e. The smallest absolute Gasteiger partial charge is 0.333 e. The Bertz CT molecular complexity index is 677. The van der Waals surface area contributed by atoms with Crippen molar-refractivity contribution in [1.29, 1.82) is 0 Å². The Kier molecular flexibility index (Phi) is 3.73. The van der Waals surface area contributed by atoms with Gasteiger partial charge in [-0.2, -0.15) is 0 Å². The summed E-state index contributed by atoms with van der Waals surface area (Å²) < 4.78 is 5.44. The lowest BCUT2D eigenvalue weighted by Crippen LogP contribution is -2.18. The molecule has 0 aromatic heterocycles. The second-order valence-corrected chi connectivity index (χ2v) is 5.11. The number of ether oxygens (including phenoxy) is 1.